The Hall–Kier alpha value is -2.20. The van der Waals surface area contributed by atoms with E-state index in [1.165, 1.54) is 16.7 Å². The smallest absolute Gasteiger partial charge is 0.231 e. The van der Waals surface area contributed by atoms with Crippen molar-refractivity contribution in [1.82, 2.24) is 0 Å². The number of likely N-dealkylation sites (N-methyl/N-ethyl adjacent to an activating group) is 1. The first-order valence-corrected chi connectivity index (χ1v) is 8.03. The minimum absolute atomic E-state index is 0.343. The molecular weight excluding hydrogens is 290 g/mol. The van der Waals surface area contributed by atoms with Crippen molar-refractivity contribution in [2.24, 2.45) is 0 Å². The molecular formula is C19H22NO3+. The summed E-state index contributed by atoms with van der Waals surface area (Å²) in [5, 5.41) is 0. The number of benzene rings is 2. The molecule has 120 valence electrons. The van der Waals surface area contributed by atoms with Gasteiger partial charge >= 0.3 is 0 Å². The highest BCUT2D eigenvalue weighted by Gasteiger charge is 2.31. The molecule has 2 aliphatic rings. The molecule has 4 rings (SSSR count). The Balaban J connectivity index is 1.55. The van der Waals surface area contributed by atoms with Crippen molar-refractivity contribution in [3.63, 3.8) is 0 Å². The van der Waals surface area contributed by atoms with Gasteiger partial charge in [0, 0.05) is 17.5 Å². The van der Waals surface area contributed by atoms with Gasteiger partial charge < -0.3 is 18.7 Å². The van der Waals surface area contributed by atoms with Crippen LogP contribution in [0.3, 0.4) is 0 Å². The van der Waals surface area contributed by atoms with Crippen molar-refractivity contribution >= 4 is 0 Å². The van der Waals surface area contributed by atoms with Crippen LogP contribution in [0.4, 0.5) is 0 Å². The summed E-state index contributed by atoms with van der Waals surface area (Å²) in [5.41, 5.74) is 4.13. The van der Waals surface area contributed by atoms with E-state index >= 15 is 0 Å². The summed E-state index contributed by atoms with van der Waals surface area (Å²) in [6, 6.07) is 12.7. The standard InChI is InChI=1S/C19H22NO3/c1-20(11-14-3-5-17(21-2)6-4-14)8-7-15-9-18-19(23-13-22-18)10-16(15)12-20/h3-6,9-10H,7-8,11-13H2,1-2H3/q+1. The average Bonchev–Trinajstić information content (AvgIpc) is 3.00. The molecule has 23 heavy (non-hydrogen) atoms. The lowest BCUT2D eigenvalue weighted by Crippen LogP contribution is -2.46. The lowest BCUT2D eigenvalue weighted by molar-refractivity contribution is -0.937. The molecule has 2 aromatic rings. The fourth-order valence-corrected chi connectivity index (χ4v) is 3.59. The van der Waals surface area contributed by atoms with Crippen LogP contribution in [0.15, 0.2) is 36.4 Å². The van der Waals surface area contributed by atoms with Crippen molar-refractivity contribution < 1.29 is 18.7 Å². The van der Waals surface area contributed by atoms with Crippen LogP contribution in [0.1, 0.15) is 16.7 Å². The highest BCUT2D eigenvalue weighted by Crippen LogP contribution is 2.38. The maximum Gasteiger partial charge on any atom is 0.231 e. The SMILES string of the molecule is COc1ccc(C[N+]2(C)CCc3cc4c(cc3C2)OCO4)cc1. The second-order valence-electron chi connectivity index (χ2n) is 6.73. The maximum atomic E-state index is 5.53. The van der Waals surface area contributed by atoms with Crippen LogP contribution < -0.4 is 14.2 Å². The van der Waals surface area contributed by atoms with Gasteiger partial charge in [-0.3, -0.25) is 0 Å². The first-order chi connectivity index (χ1) is 11.1. The second-order valence-corrected chi connectivity index (χ2v) is 6.73. The van der Waals surface area contributed by atoms with Gasteiger partial charge in [-0.15, -0.1) is 0 Å². The van der Waals surface area contributed by atoms with Crippen molar-refractivity contribution in [3.8, 4) is 17.2 Å². The summed E-state index contributed by atoms with van der Waals surface area (Å²) in [6.45, 7) is 3.53. The molecule has 0 N–H and O–H groups in total. The fourth-order valence-electron chi connectivity index (χ4n) is 3.59. The molecule has 0 fully saturated rings. The lowest BCUT2D eigenvalue weighted by Gasteiger charge is -2.39. The number of ether oxygens (including phenoxy) is 3. The third-order valence-electron chi connectivity index (χ3n) is 4.89. The van der Waals surface area contributed by atoms with Crippen LogP contribution in [0.5, 0.6) is 17.2 Å². The zero-order chi connectivity index (χ0) is 15.9. The van der Waals surface area contributed by atoms with Gasteiger partial charge in [0.1, 0.15) is 18.8 Å². The van der Waals surface area contributed by atoms with Gasteiger partial charge in [-0.05, 0) is 42.0 Å². The molecule has 1 atom stereocenters. The average molecular weight is 312 g/mol. The van der Waals surface area contributed by atoms with Gasteiger partial charge in [0.25, 0.3) is 0 Å². The van der Waals surface area contributed by atoms with Crippen LogP contribution in [0.2, 0.25) is 0 Å². The molecule has 2 heterocycles. The molecule has 0 saturated carbocycles. The summed E-state index contributed by atoms with van der Waals surface area (Å²) in [4.78, 5) is 0. The minimum atomic E-state index is 0.343. The van der Waals surface area contributed by atoms with E-state index in [-0.39, 0.29) is 0 Å². The number of rotatable bonds is 3. The summed E-state index contributed by atoms with van der Waals surface area (Å²) < 4.78 is 17.3. The largest absolute Gasteiger partial charge is 0.497 e. The van der Waals surface area contributed by atoms with Crippen LogP contribution in [0.25, 0.3) is 0 Å². The molecule has 2 aromatic carbocycles. The summed E-state index contributed by atoms with van der Waals surface area (Å²) >= 11 is 0. The van der Waals surface area contributed by atoms with E-state index < -0.39 is 0 Å². The highest BCUT2D eigenvalue weighted by molar-refractivity contribution is 5.49. The summed E-state index contributed by atoms with van der Waals surface area (Å²) in [5.74, 6) is 2.70. The van der Waals surface area contributed by atoms with Crippen LogP contribution in [0, 0.1) is 0 Å². The van der Waals surface area contributed by atoms with E-state index in [1.54, 1.807) is 7.11 Å². The third kappa shape index (κ3) is 2.75. The van der Waals surface area contributed by atoms with Crippen molar-refractivity contribution in [2.75, 3.05) is 27.5 Å². The first kappa shape index (κ1) is 14.4. The zero-order valence-corrected chi connectivity index (χ0v) is 13.7. The minimum Gasteiger partial charge on any atom is -0.497 e. The highest BCUT2D eigenvalue weighted by atomic mass is 16.7. The van der Waals surface area contributed by atoms with Gasteiger partial charge in [0.05, 0.1) is 20.7 Å². The Morgan fingerprint density at radius 2 is 1.74 bits per heavy atom. The zero-order valence-electron chi connectivity index (χ0n) is 13.7. The normalized spacial score (nSPS) is 21.8. The topological polar surface area (TPSA) is 27.7 Å². The Kier molecular flexibility index (Phi) is 3.42. The van der Waals surface area contributed by atoms with Crippen LogP contribution in [-0.2, 0) is 19.5 Å². The van der Waals surface area contributed by atoms with E-state index in [1.807, 2.05) is 12.1 Å². The number of hydrogen-bond acceptors (Lipinski definition) is 3. The van der Waals surface area contributed by atoms with Gasteiger partial charge in [-0.25, -0.2) is 0 Å². The molecule has 0 radical (unpaired) electrons. The molecule has 0 amide bonds. The first-order valence-electron chi connectivity index (χ1n) is 8.03. The van der Waals surface area contributed by atoms with E-state index in [2.05, 4.69) is 31.3 Å². The monoisotopic (exact) mass is 312 g/mol. The third-order valence-corrected chi connectivity index (χ3v) is 4.89. The Labute approximate surface area is 136 Å². The van der Waals surface area contributed by atoms with E-state index in [9.17, 15) is 0 Å². The molecule has 0 bridgehead atoms. The maximum absolute atomic E-state index is 5.53. The predicted molar refractivity (Wildman–Crippen MR) is 87.7 cm³/mol. The lowest BCUT2D eigenvalue weighted by atomic mass is 9.96. The van der Waals surface area contributed by atoms with Crippen LogP contribution >= 0.6 is 0 Å². The molecule has 2 aliphatic heterocycles. The molecule has 4 heteroatoms. The number of fused-ring (bicyclic) bond motifs is 2. The van der Waals surface area contributed by atoms with Crippen LogP contribution in [-0.4, -0.2) is 32.0 Å². The molecule has 0 aliphatic carbocycles. The van der Waals surface area contributed by atoms with Gasteiger partial charge in [0.2, 0.25) is 6.79 Å². The predicted octanol–water partition coefficient (Wildman–Crippen LogP) is 3.13. The van der Waals surface area contributed by atoms with Gasteiger partial charge in [-0.2, -0.15) is 0 Å². The van der Waals surface area contributed by atoms with E-state index in [0.717, 1.165) is 47.8 Å². The molecule has 4 nitrogen and oxygen atoms in total. The number of quaternary nitrogens is 1. The molecule has 0 spiro atoms. The Morgan fingerprint density at radius 1 is 1.04 bits per heavy atom. The number of methoxy groups -OCH3 is 1. The van der Waals surface area contributed by atoms with Gasteiger partial charge in [-0.1, -0.05) is 0 Å². The molecule has 0 saturated heterocycles. The van der Waals surface area contributed by atoms with Crippen molar-refractivity contribution in [3.05, 3.63) is 53.1 Å². The Bertz CT molecular complexity index is 726. The summed E-state index contributed by atoms with van der Waals surface area (Å²) in [6.07, 6.45) is 1.08. The van der Waals surface area contributed by atoms with Crippen molar-refractivity contribution in [1.29, 1.82) is 0 Å². The quantitative estimate of drug-likeness (QED) is 0.815. The van der Waals surface area contributed by atoms with Crippen molar-refractivity contribution in [2.45, 2.75) is 19.5 Å². The second kappa shape index (κ2) is 5.46. The molecule has 0 aromatic heterocycles. The van der Waals surface area contributed by atoms with Gasteiger partial charge in [0.15, 0.2) is 11.5 Å². The fraction of sp³-hybridized carbons (Fsp3) is 0.368. The van der Waals surface area contributed by atoms with E-state index in [4.69, 9.17) is 14.2 Å². The Morgan fingerprint density at radius 3 is 2.43 bits per heavy atom. The number of nitrogens with zero attached hydrogens (tertiary/aromatic N) is 1. The molecule has 1 unspecified atom stereocenters. The number of hydrogen-bond donors (Lipinski definition) is 0. The van der Waals surface area contributed by atoms with E-state index in [0.29, 0.717) is 6.79 Å². The summed E-state index contributed by atoms with van der Waals surface area (Å²) in [7, 11) is 4.03.